The maximum Gasteiger partial charge on any atom is 0.0439 e. The third kappa shape index (κ3) is 3.38. The van der Waals surface area contributed by atoms with Gasteiger partial charge in [0.05, 0.1) is 0 Å². The van der Waals surface area contributed by atoms with Gasteiger partial charge in [0.1, 0.15) is 0 Å². The Labute approximate surface area is 69.2 Å². The van der Waals surface area contributed by atoms with Gasteiger partial charge in [-0.1, -0.05) is 24.3 Å². The molecule has 11 heavy (non-hydrogen) atoms. The molecule has 0 saturated carbocycles. The Bertz CT molecular complexity index is 160. The number of allylic oxidation sites excluding steroid dienone is 2. The summed E-state index contributed by atoms with van der Waals surface area (Å²) in [5.41, 5.74) is 0.205. The third-order valence-corrected chi connectivity index (χ3v) is 1.56. The lowest BCUT2D eigenvalue weighted by Crippen LogP contribution is -2.42. The minimum absolute atomic E-state index is 0.205. The maximum absolute atomic E-state index is 3.48. The molecule has 0 atom stereocenters. The first kappa shape index (κ1) is 8.54. The molecule has 0 amide bonds. The van der Waals surface area contributed by atoms with Crippen LogP contribution in [0.1, 0.15) is 27.2 Å². The first-order chi connectivity index (χ1) is 5.08. The summed E-state index contributed by atoms with van der Waals surface area (Å²) in [5, 5.41) is 3.48. The van der Waals surface area contributed by atoms with E-state index in [1.807, 2.05) is 0 Å². The van der Waals surface area contributed by atoms with Gasteiger partial charge < -0.3 is 5.32 Å². The highest BCUT2D eigenvalue weighted by atomic mass is 15.0. The average Bonchev–Trinajstić information content (AvgIpc) is 1.85. The van der Waals surface area contributed by atoms with Crippen LogP contribution in [0, 0.1) is 0 Å². The minimum Gasteiger partial charge on any atom is -0.302 e. The Kier molecular flexibility index (Phi) is 2.50. The van der Waals surface area contributed by atoms with Crippen molar-refractivity contribution in [3.05, 3.63) is 24.3 Å². The normalized spacial score (nSPS) is 19.2. The summed E-state index contributed by atoms with van der Waals surface area (Å²) in [4.78, 5) is 0. The zero-order valence-corrected chi connectivity index (χ0v) is 7.59. The monoisotopic (exact) mass is 151 g/mol. The lowest BCUT2D eigenvalue weighted by Gasteiger charge is -2.25. The predicted octanol–water partition coefficient (Wildman–Crippen LogP) is 2.26. The van der Waals surface area contributed by atoms with Crippen molar-refractivity contribution in [3.8, 4) is 0 Å². The van der Waals surface area contributed by atoms with Gasteiger partial charge in [-0.25, -0.2) is 0 Å². The van der Waals surface area contributed by atoms with E-state index in [0.29, 0.717) is 6.04 Å². The van der Waals surface area contributed by atoms with Crippen LogP contribution in [0.4, 0.5) is 0 Å². The molecule has 0 bridgehead atoms. The van der Waals surface area contributed by atoms with E-state index in [4.69, 9.17) is 0 Å². The molecule has 0 spiro atoms. The fourth-order valence-corrected chi connectivity index (χ4v) is 1.19. The fourth-order valence-electron chi connectivity index (χ4n) is 1.19. The highest BCUT2D eigenvalue weighted by Gasteiger charge is 2.13. The molecule has 1 nitrogen and oxygen atoms in total. The van der Waals surface area contributed by atoms with Gasteiger partial charge in [-0.2, -0.15) is 0 Å². The van der Waals surface area contributed by atoms with Gasteiger partial charge in [0.15, 0.2) is 0 Å². The molecule has 1 heteroatoms. The van der Waals surface area contributed by atoms with Gasteiger partial charge in [-0.05, 0) is 27.2 Å². The minimum atomic E-state index is 0.205. The van der Waals surface area contributed by atoms with Crippen molar-refractivity contribution in [2.24, 2.45) is 0 Å². The van der Waals surface area contributed by atoms with Gasteiger partial charge in [-0.3, -0.25) is 0 Å². The SMILES string of the molecule is CC(C)(C)NC1C=CCC=C1. The quantitative estimate of drug-likeness (QED) is 0.567. The summed E-state index contributed by atoms with van der Waals surface area (Å²) in [7, 11) is 0. The van der Waals surface area contributed by atoms with E-state index in [0.717, 1.165) is 6.42 Å². The number of hydrogen-bond donors (Lipinski definition) is 1. The van der Waals surface area contributed by atoms with E-state index >= 15 is 0 Å². The van der Waals surface area contributed by atoms with Crippen molar-refractivity contribution in [3.63, 3.8) is 0 Å². The van der Waals surface area contributed by atoms with Crippen LogP contribution in [0.3, 0.4) is 0 Å². The molecule has 62 valence electrons. The fraction of sp³-hybridized carbons (Fsp3) is 0.600. The van der Waals surface area contributed by atoms with Gasteiger partial charge in [0.25, 0.3) is 0 Å². The topological polar surface area (TPSA) is 12.0 Å². The smallest absolute Gasteiger partial charge is 0.0439 e. The molecule has 0 saturated heterocycles. The van der Waals surface area contributed by atoms with Crippen LogP contribution in [0.5, 0.6) is 0 Å². The zero-order chi connectivity index (χ0) is 8.32. The lowest BCUT2D eigenvalue weighted by molar-refractivity contribution is 0.417. The second-order valence-electron chi connectivity index (χ2n) is 4.01. The maximum atomic E-state index is 3.48. The largest absolute Gasteiger partial charge is 0.302 e. The molecule has 0 radical (unpaired) electrons. The Hall–Kier alpha value is -0.560. The van der Waals surface area contributed by atoms with Gasteiger partial charge >= 0.3 is 0 Å². The van der Waals surface area contributed by atoms with E-state index in [-0.39, 0.29) is 5.54 Å². The summed E-state index contributed by atoms with van der Waals surface area (Å²) in [6.45, 7) is 6.55. The molecule has 0 unspecified atom stereocenters. The first-order valence-corrected chi connectivity index (χ1v) is 4.19. The van der Waals surface area contributed by atoms with Gasteiger partial charge in [0.2, 0.25) is 0 Å². The van der Waals surface area contributed by atoms with Gasteiger partial charge in [0, 0.05) is 11.6 Å². The second kappa shape index (κ2) is 3.22. The van der Waals surface area contributed by atoms with Crippen molar-refractivity contribution in [2.45, 2.75) is 38.8 Å². The van der Waals surface area contributed by atoms with Gasteiger partial charge in [-0.15, -0.1) is 0 Å². The van der Waals surface area contributed by atoms with Crippen molar-refractivity contribution in [1.82, 2.24) is 5.32 Å². The van der Waals surface area contributed by atoms with Crippen LogP contribution in [-0.4, -0.2) is 11.6 Å². The Balaban J connectivity index is 2.43. The molecule has 0 aromatic carbocycles. The summed E-state index contributed by atoms with van der Waals surface area (Å²) in [6.07, 6.45) is 9.91. The molecule has 1 aliphatic rings. The standard InChI is InChI=1S/C10H17N/c1-10(2,3)11-9-7-5-4-6-8-9/h5-9,11H,4H2,1-3H3. The summed E-state index contributed by atoms with van der Waals surface area (Å²) in [6, 6.07) is 0.434. The number of rotatable bonds is 1. The van der Waals surface area contributed by atoms with E-state index < -0.39 is 0 Å². The Morgan fingerprint density at radius 2 is 1.73 bits per heavy atom. The molecular formula is C10H17N. The van der Waals surface area contributed by atoms with Crippen LogP contribution in [0.25, 0.3) is 0 Å². The first-order valence-electron chi connectivity index (χ1n) is 4.19. The summed E-state index contributed by atoms with van der Waals surface area (Å²) in [5.74, 6) is 0. The van der Waals surface area contributed by atoms with Crippen molar-refractivity contribution >= 4 is 0 Å². The zero-order valence-electron chi connectivity index (χ0n) is 7.59. The Morgan fingerprint density at radius 3 is 2.18 bits per heavy atom. The lowest BCUT2D eigenvalue weighted by atomic mass is 10.0. The molecule has 1 aliphatic carbocycles. The van der Waals surface area contributed by atoms with Crippen LogP contribution >= 0.6 is 0 Å². The molecule has 0 heterocycles. The van der Waals surface area contributed by atoms with Crippen LogP contribution < -0.4 is 5.32 Å². The molecule has 0 aromatic rings. The van der Waals surface area contributed by atoms with Crippen molar-refractivity contribution in [1.29, 1.82) is 0 Å². The molecule has 1 N–H and O–H groups in total. The second-order valence-corrected chi connectivity index (χ2v) is 4.01. The molecule has 0 aromatic heterocycles. The third-order valence-electron chi connectivity index (χ3n) is 1.56. The number of hydrogen-bond acceptors (Lipinski definition) is 1. The summed E-state index contributed by atoms with van der Waals surface area (Å²) >= 11 is 0. The Morgan fingerprint density at radius 1 is 1.18 bits per heavy atom. The molecule has 0 aliphatic heterocycles. The van der Waals surface area contributed by atoms with Crippen molar-refractivity contribution < 1.29 is 0 Å². The molecule has 0 fully saturated rings. The van der Waals surface area contributed by atoms with E-state index in [1.165, 1.54) is 0 Å². The van der Waals surface area contributed by atoms with E-state index in [2.05, 4.69) is 50.4 Å². The highest BCUT2D eigenvalue weighted by Crippen LogP contribution is 2.07. The van der Waals surface area contributed by atoms with Crippen LogP contribution in [0.2, 0.25) is 0 Å². The van der Waals surface area contributed by atoms with Crippen LogP contribution in [-0.2, 0) is 0 Å². The molecule has 1 rings (SSSR count). The van der Waals surface area contributed by atoms with E-state index in [9.17, 15) is 0 Å². The summed E-state index contributed by atoms with van der Waals surface area (Å²) < 4.78 is 0. The van der Waals surface area contributed by atoms with Crippen LogP contribution in [0.15, 0.2) is 24.3 Å². The predicted molar refractivity (Wildman–Crippen MR) is 49.6 cm³/mol. The highest BCUT2D eigenvalue weighted by molar-refractivity contribution is 5.14. The molecular weight excluding hydrogens is 134 g/mol. The van der Waals surface area contributed by atoms with E-state index in [1.54, 1.807) is 0 Å². The average molecular weight is 151 g/mol. The van der Waals surface area contributed by atoms with Crippen molar-refractivity contribution in [2.75, 3.05) is 0 Å². The number of nitrogens with one attached hydrogen (secondary N) is 1.